The highest BCUT2D eigenvalue weighted by atomic mass is 16.5. The van der Waals surface area contributed by atoms with E-state index in [1.165, 1.54) is 5.56 Å². The van der Waals surface area contributed by atoms with Gasteiger partial charge in [-0.1, -0.05) is 36.4 Å². The third kappa shape index (κ3) is 6.19. The van der Waals surface area contributed by atoms with Crippen molar-refractivity contribution in [2.24, 2.45) is 11.8 Å². The molecule has 1 atom stereocenters. The molecule has 0 saturated carbocycles. The van der Waals surface area contributed by atoms with E-state index in [9.17, 15) is 9.59 Å². The fraction of sp³-hybridized carbons (Fsp3) is 0.241. The summed E-state index contributed by atoms with van der Waals surface area (Å²) in [7, 11) is 3.15. The first kappa shape index (κ1) is 24.0. The second-order valence-corrected chi connectivity index (χ2v) is 7.94. The number of methoxy groups -OCH3 is 2. The molecule has 4 heteroatoms. The number of carbonyl (C=O) groups is 2. The lowest BCUT2D eigenvalue weighted by Gasteiger charge is -2.23. The lowest BCUT2D eigenvalue weighted by molar-refractivity contribution is 0.0766. The standard InChI is InChI=1S/C29H30O4/c1-4-22(12-8-11-21-9-6-5-7-10-21)27(28(30)23-13-17-25(32-2)18-14-23)29(31)24-15-19-26(33-3)20-16-24/h4-7,9-10,13-20,22,27H,1,8,11-12H2,2-3H3/t22-/m1/s1. The highest BCUT2D eigenvalue weighted by molar-refractivity contribution is 6.16. The van der Waals surface area contributed by atoms with E-state index in [4.69, 9.17) is 9.47 Å². The van der Waals surface area contributed by atoms with E-state index in [0.717, 1.165) is 12.8 Å². The van der Waals surface area contributed by atoms with E-state index < -0.39 is 5.92 Å². The van der Waals surface area contributed by atoms with Gasteiger partial charge in [-0.3, -0.25) is 9.59 Å². The Bertz CT molecular complexity index is 994. The minimum atomic E-state index is -0.847. The van der Waals surface area contributed by atoms with Crippen molar-refractivity contribution in [3.05, 3.63) is 108 Å². The number of ether oxygens (including phenoxy) is 2. The molecule has 0 aliphatic carbocycles. The van der Waals surface area contributed by atoms with Crippen molar-refractivity contribution in [2.45, 2.75) is 19.3 Å². The van der Waals surface area contributed by atoms with Crippen molar-refractivity contribution in [1.82, 2.24) is 0 Å². The van der Waals surface area contributed by atoms with Gasteiger partial charge in [-0.15, -0.1) is 6.58 Å². The van der Waals surface area contributed by atoms with Crippen molar-refractivity contribution in [3.8, 4) is 11.5 Å². The van der Waals surface area contributed by atoms with Crippen LogP contribution in [-0.4, -0.2) is 25.8 Å². The van der Waals surface area contributed by atoms with Crippen LogP contribution < -0.4 is 9.47 Å². The number of rotatable bonds is 12. The number of hydrogen-bond donors (Lipinski definition) is 0. The summed E-state index contributed by atoms with van der Waals surface area (Å²) in [6.45, 7) is 3.97. The molecular formula is C29H30O4. The average molecular weight is 443 g/mol. The third-order valence-electron chi connectivity index (χ3n) is 5.89. The second-order valence-electron chi connectivity index (χ2n) is 7.94. The normalized spacial score (nSPS) is 11.6. The topological polar surface area (TPSA) is 52.6 Å². The molecule has 3 aromatic carbocycles. The Morgan fingerprint density at radius 2 is 1.27 bits per heavy atom. The summed E-state index contributed by atoms with van der Waals surface area (Å²) in [6.07, 6.45) is 4.17. The molecule has 0 heterocycles. The van der Waals surface area contributed by atoms with Gasteiger partial charge in [0, 0.05) is 11.1 Å². The van der Waals surface area contributed by atoms with Crippen molar-refractivity contribution in [3.63, 3.8) is 0 Å². The summed E-state index contributed by atoms with van der Waals surface area (Å²) in [6, 6.07) is 24.0. The van der Waals surface area contributed by atoms with Gasteiger partial charge in [0.25, 0.3) is 0 Å². The fourth-order valence-corrected chi connectivity index (χ4v) is 3.98. The Balaban J connectivity index is 1.86. The van der Waals surface area contributed by atoms with E-state index in [1.54, 1.807) is 68.8 Å². The van der Waals surface area contributed by atoms with Crippen molar-refractivity contribution < 1.29 is 19.1 Å². The maximum atomic E-state index is 13.6. The zero-order valence-corrected chi connectivity index (χ0v) is 19.2. The predicted octanol–water partition coefficient (Wildman–Crippen LogP) is 6.21. The number of aryl methyl sites for hydroxylation is 1. The van der Waals surface area contributed by atoms with Gasteiger partial charge in [-0.05, 0) is 79.3 Å². The lowest BCUT2D eigenvalue weighted by Crippen LogP contribution is -2.31. The Labute approximate surface area is 195 Å². The Hall–Kier alpha value is -3.66. The van der Waals surface area contributed by atoms with Crippen LogP contribution in [0.25, 0.3) is 0 Å². The van der Waals surface area contributed by atoms with Crippen LogP contribution in [-0.2, 0) is 6.42 Å². The molecule has 0 unspecified atom stereocenters. The third-order valence-corrected chi connectivity index (χ3v) is 5.89. The minimum Gasteiger partial charge on any atom is -0.497 e. The molecule has 170 valence electrons. The van der Waals surface area contributed by atoms with E-state index >= 15 is 0 Å². The monoisotopic (exact) mass is 442 g/mol. The minimum absolute atomic E-state index is 0.205. The molecule has 0 aliphatic heterocycles. The van der Waals surface area contributed by atoms with Gasteiger partial charge >= 0.3 is 0 Å². The molecule has 33 heavy (non-hydrogen) atoms. The molecule has 0 spiro atoms. The fourth-order valence-electron chi connectivity index (χ4n) is 3.98. The molecule has 0 N–H and O–H groups in total. The first-order valence-corrected chi connectivity index (χ1v) is 11.1. The molecule has 0 aromatic heterocycles. The molecule has 0 aliphatic rings. The molecular weight excluding hydrogens is 412 g/mol. The smallest absolute Gasteiger partial charge is 0.174 e. The van der Waals surface area contributed by atoms with Crippen LogP contribution in [0, 0.1) is 11.8 Å². The van der Waals surface area contributed by atoms with Crippen LogP contribution in [0.5, 0.6) is 11.5 Å². The van der Waals surface area contributed by atoms with Crippen LogP contribution in [0.4, 0.5) is 0 Å². The summed E-state index contributed by atoms with van der Waals surface area (Å²) >= 11 is 0. The van der Waals surface area contributed by atoms with Gasteiger partial charge in [-0.2, -0.15) is 0 Å². The number of Topliss-reactive ketones (excluding diaryl/α,β-unsaturated/α-hetero) is 2. The quantitative estimate of drug-likeness (QED) is 0.190. The maximum absolute atomic E-state index is 13.6. The van der Waals surface area contributed by atoms with Gasteiger partial charge < -0.3 is 9.47 Å². The van der Waals surface area contributed by atoms with Gasteiger partial charge in [0.1, 0.15) is 11.5 Å². The molecule has 0 radical (unpaired) electrons. The van der Waals surface area contributed by atoms with Crippen LogP contribution in [0.1, 0.15) is 39.1 Å². The number of ketones is 2. The summed E-state index contributed by atoms with van der Waals surface area (Å²) < 4.78 is 10.4. The summed E-state index contributed by atoms with van der Waals surface area (Å²) in [5, 5.41) is 0. The highest BCUT2D eigenvalue weighted by Crippen LogP contribution is 2.29. The zero-order valence-electron chi connectivity index (χ0n) is 19.2. The second kappa shape index (κ2) is 11.8. The van der Waals surface area contributed by atoms with E-state index in [2.05, 4.69) is 18.7 Å². The van der Waals surface area contributed by atoms with E-state index in [0.29, 0.717) is 29.0 Å². The van der Waals surface area contributed by atoms with E-state index in [-0.39, 0.29) is 17.5 Å². The Morgan fingerprint density at radius 3 is 1.70 bits per heavy atom. The summed E-state index contributed by atoms with van der Waals surface area (Å²) in [5.74, 6) is -0.218. The van der Waals surface area contributed by atoms with E-state index in [1.807, 2.05) is 18.2 Å². The van der Waals surface area contributed by atoms with Gasteiger partial charge in [-0.25, -0.2) is 0 Å². The predicted molar refractivity (Wildman–Crippen MR) is 131 cm³/mol. The SMILES string of the molecule is C=C[C@H](CCCc1ccccc1)C(C(=O)c1ccc(OC)cc1)C(=O)c1ccc(OC)cc1. The van der Waals surface area contributed by atoms with Crippen LogP contribution in [0.2, 0.25) is 0 Å². The van der Waals surface area contributed by atoms with Crippen molar-refractivity contribution in [2.75, 3.05) is 14.2 Å². The molecule has 4 nitrogen and oxygen atoms in total. The van der Waals surface area contributed by atoms with Crippen molar-refractivity contribution >= 4 is 11.6 Å². The first-order valence-electron chi connectivity index (χ1n) is 11.1. The highest BCUT2D eigenvalue weighted by Gasteiger charge is 2.34. The number of hydrogen-bond acceptors (Lipinski definition) is 4. The molecule has 3 rings (SSSR count). The number of allylic oxidation sites excluding steroid dienone is 1. The van der Waals surface area contributed by atoms with Gasteiger partial charge in [0.15, 0.2) is 11.6 Å². The summed E-state index contributed by atoms with van der Waals surface area (Å²) in [4.78, 5) is 27.2. The molecule has 0 saturated heterocycles. The van der Waals surface area contributed by atoms with Crippen LogP contribution in [0.3, 0.4) is 0 Å². The zero-order chi connectivity index (χ0) is 23.6. The largest absolute Gasteiger partial charge is 0.497 e. The Morgan fingerprint density at radius 1 is 0.788 bits per heavy atom. The van der Waals surface area contributed by atoms with Crippen molar-refractivity contribution in [1.29, 1.82) is 0 Å². The lowest BCUT2D eigenvalue weighted by atomic mass is 9.78. The number of carbonyl (C=O) groups excluding carboxylic acids is 2. The summed E-state index contributed by atoms with van der Waals surface area (Å²) in [5.41, 5.74) is 2.20. The molecule has 0 bridgehead atoms. The van der Waals surface area contributed by atoms with Crippen LogP contribution in [0.15, 0.2) is 91.5 Å². The van der Waals surface area contributed by atoms with Gasteiger partial charge in [0.05, 0.1) is 20.1 Å². The van der Waals surface area contributed by atoms with Crippen LogP contribution >= 0.6 is 0 Å². The maximum Gasteiger partial charge on any atom is 0.174 e. The van der Waals surface area contributed by atoms with Gasteiger partial charge in [0.2, 0.25) is 0 Å². The molecule has 0 fully saturated rings. The molecule has 0 amide bonds. The number of benzene rings is 3. The molecule has 3 aromatic rings. The first-order chi connectivity index (χ1) is 16.1. The average Bonchev–Trinajstić information content (AvgIpc) is 2.88. The Kier molecular flexibility index (Phi) is 8.59.